The highest BCUT2D eigenvalue weighted by Crippen LogP contribution is 2.36. The molecule has 0 saturated heterocycles. The van der Waals surface area contributed by atoms with E-state index in [1.165, 1.54) is 0 Å². The summed E-state index contributed by atoms with van der Waals surface area (Å²) in [5, 5.41) is 0.229. The molecule has 0 bridgehead atoms. The number of carbonyl (C=O) groups excluding carboxylic acids is 1. The summed E-state index contributed by atoms with van der Waals surface area (Å²) in [7, 11) is -1.67. The van der Waals surface area contributed by atoms with E-state index in [4.69, 9.17) is 4.43 Å². The van der Waals surface area contributed by atoms with Crippen LogP contribution in [0.25, 0.3) is 0 Å². The van der Waals surface area contributed by atoms with Crippen molar-refractivity contribution in [3.05, 3.63) is 0 Å². The zero-order valence-electron chi connectivity index (χ0n) is 11.1. The van der Waals surface area contributed by atoms with Crippen LogP contribution in [0.1, 0.15) is 40.5 Å². The first-order chi connectivity index (χ1) is 6.74. The van der Waals surface area contributed by atoms with Crippen molar-refractivity contribution >= 4 is 14.6 Å². The van der Waals surface area contributed by atoms with Crippen LogP contribution in [0.2, 0.25) is 18.1 Å². The molecule has 90 valence electrons. The average Bonchev–Trinajstić information content (AvgIpc) is 2.10. The molecule has 0 aromatic rings. The molecule has 0 aliphatic heterocycles. The Morgan fingerprint density at radius 3 is 2.20 bits per heavy atom. The van der Waals surface area contributed by atoms with Gasteiger partial charge >= 0.3 is 0 Å². The molecule has 0 spiro atoms. The summed E-state index contributed by atoms with van der Waals surface area (Å²) in [6, 6.07) is 0. The molecule has 0 fully saturated rings. The standard InChI is InChI=1S/C12H26O2Si/c1-7-8-11(9-13)10-14-15(5,6)12(2,3)4/h9,11H,7-8,10H2,1-6H3/t11-/m1/s1. The van der Waals surface area contributed by atoms with Gasteiger partial charge in [-0.3, -0.25) is 0 Å². The molecule has 0 aromatic heterocycles. The van der Waals surface area contributed by atoms with Gasteiger partial charge in [-0.2, -0.15) is 0 Å². The normalized spacial score (nSPS) is 15.1. The zero-order valence-corrected chi connectivity index (χ0v) is 12.1. The van der Waals surface area contributed by atoms with Crippen LogP contribution in [0.15, 0.2) is 0 Å². The topological polar surface area (TPSA) is 26.3 Å². The molecule has 3 heteroatoms. The van der Waals surface area contributed by atoms with Crippen molar-refractivity contribution in [2.75, 3.05) is 6.61 Å². The molecule has 0 unspecified atom stereocenters. The molecule has 0 aliphatic rings. The summed E-state index contributed by atoms with van der Waals surface area (Å²) >= 11 is 0. The number of carbonyl (C=O) groups is 1. The Morgan fingerprint density at radius 2 is 1.87 bits per heavy atom. The lowest BCUT2D eigenvalue weighted by atomic mass is 10.1. The third kappa shape index (κ3) is 4.93. The Bertz CT molecular complexity index is 194. The van der Waals surface area contributed by atoms with Gasteiger partial charge in [0.1, 0.15) is 6.29 Å². The minimum absolute atomic E-state index is 0.0872. The molecule has 1 atom stereocenters. The Balaban J connectivity index is 4.18. The van der Waals surface area contributed by atoms with Crippen molar-refractivity contribution in [1.82, 2.24) is 0 Å². The lowest BCUT2D eigenvalue weighted by Gasteiger charge is -2.36. The van der Waals surface area contributed by atoms with Crippen LogP contribution >= 0.6 is 0 Å². The summed E-state index contributed by atoms with van der Waals surface area (Å²) in [5.41, 5.74) is 0. The van der Waals surface area contributed by atoms with Crippen LogP contribution in [0.4, 0.5) is 0 Å². The number of hydrogen-bond donors (Lipinski definition) is 0. The number of rotatable bonds is 6. The fourth-order valence-corrected chi connectivity index (χ4v) is 2.16. The lowest BCUT2D eigenvalue weighted by molar-refractivity contribution is -0.112. The molecule has 0 aromatic carbocycles. The SMILES string of the molecule is CCC[C@H](C=O)CO[Si](C)(C)C(C)(C)C. The molecular formula is C12H26O2Si. The van der Waals surface area contributed by atoms with Gasteiger partial charge < -0.3 is 9.22 Å². The Hall–Kier alpha value is -0.153. The van der Waals surface area contributed by atoms with E-state index in [0.29, 0.717) is 6.61 Å². The molecule has 0 amide bonds. The lowest BCUT2D eigenvalue weighted by Crippen LogP contribution is -2.42. The van der Waals surface area contributed by atoms with Gasteiger partial charge in [-0.25, -0.2) is 0 Å². The highest BCUT2D eigenvalue weighted by atomic mass is 28.4. The molecule has 2 nitrogen and oxygen atoms in total. The Kier molecular flexibility index (Phi) is 5.74. The smallest absolute Gasteiger partial charge is 0.192 e. The van der Waals surface area contributed by atoms with Gasteiger partial charge in [0, 0.05) is 12.5 Å². The van der Waals surface area contributed by atoms with Gasteiger partial charge in [-0.15, -0.1) is 0 Å². The van der Waals surface area contributed by atoms with E-state index in [9.17, 15) is 4.79 Å². The molecule has 0 radical (unpaired) electrons. The molecule has 0 rings (SSSR count). The largest absolute Gasteiger partial charge is 0.416 e. The van der Waals surface area contributed by atoms with E-state index in [1.54, 1.807) is 0 Å². The highest BCUT2D eigenvalue weighted by molar-refractivity contribution is 6.74. The van der Waals surface area contributed by atoms with E-state index >= 15 is 0 Å². The van der Waals surface area contributed by atoms with Gasteiger partial charge in [0.05, 0.1) is 0 Å². The monoisotopic (exact) mass is 230 g/mol. The van der Waals surface area contributed by atoms with Gasteiger partial charge in [-0.1, -0.05) is 34.1 Å². The van der Waals surface area contributed by atoms with Gasteiger partial charge in [-0.05, 0) is 24.6 Å². The average molecular weight is 230 g/mol. The summed E-state index contributed by atoms with van der Waals surface area (Å²) in [6.07, 6.45) is 3.03. The molecule has 0 aliphatic carbocycles. The second-order valence-corrected chi connectivity index (χ2v) is 10.6. The van der Waals surface area contributed by atoms with Crippen LogP contribution in [0.5, 0.6) is 0 Å². The van der Waals surface area contributed by atoms with Crippen LogP contribution in [-0.4, -0.2) is 21.2 Å². The summed E-state index contributed by atoms with van der Waals surface area (Å²) in [6.45, 7) is 13.8. The molecule has 15 heavy (non-hydrogen) atoms. The molecule has 0 heterocycles. The van der Waals surface area contributed by atoms with Gasteiger partial charge in [0.2, 0.25) is 0 Å². The summed E-state index contributed by atoms with van der Waals surface area (Å²) in [4.78, 5) is 10.8. The summed E-state index contributed by atoms with van der Waals surface area (Å²) in [5.74, 6) is 0.0872. The fourth-order valence-electron chi connectivity index (χ4n) is 1.09. The quantitative estimate of drug-likeness (QED) is 0.514. The summed E-state index contributed by atoms with van der Waals surface area (Å²) < 4.78 is 6.01. The van der Waals surface area contributed by atoms with Crippen LogP contribution in [0, 0.1) is 5.92 Å². The van der Waals surface area contributed by atoms with Crippen molar-refractivity contribution in [2.45, 2.75) is 58.7 Å². The highest BCUT2D eigenvalue weighted by Gasteiger charge is 2.37. The second kappa shape index (κ2) is 5.80. The van der Waals surface area contributed by atoms with Crippen molar-refractivity contribution < 1.29 is 9.22 Å². The fraction of sp³-hybridized carbons (Fsp3) is 0.917. The number of hydrogen-bond acceptors (Lipinski definition) is 2. The first-order valence-electron chi connectivity index (χ1n) is 5.84. The minimum atomic E-state index is -1.67. The predicted molar refractivity (Wildman–Crippen MR) is 67.6 cm³/mol. The van der Waals surface area contributed by atoms with E-state index in [2.05, 4.69) is 40.8 Å². The van der Waals surface area contributed by atoms with Gasteiger partial charge in [0.25, 0.3) is 0 Å². The van der Waals surface area contributed by atoms with Crippen LogP contribution < -0.4 is 0 Å². The Labute approximate surface area is 95.5 Å². The van der Waals surface area contributed by atoms with Crippen molar-refractivity contribution in [3.63, 3.8) is 0 Å². The van der Waals surface area contributed by atoms with E-state index < -0.39 is 8.32 Å². The van der Waals surface area contributed by atoms with Crippen molar-refractivity contribution in [1.29, 1.82) is 0 Å². The molecule has 0 N–H and O–H groups in total. The van der Waals surface area contributed by atoms with E-state index in [-0.39, 0.29) is 11.0 Å². The van der Waals surface area contributed by atoms with E-state index in [0.717, 1.165) is 19.1 Å². The molecule has 0 saturated carbocycles. The van der Waals surface area contributed by atoms with Crippen LogP contribution in [-0.2, 0) is 9.22 Å². The maximum atomic E-state index is 10.8. The number of aldehydes is 1. The molecular weight excluding hydrogens is 204 g/mol. The second-order valence-electron chi connectivity index (χ2n) is 5.76. The van der Waals surface area contributed by atoms with E-state index in [1.807, 2.05) is 0 Å². The third-order valence-corrected chi connectivity index (χ3v) is 7.82. The third-order valence-electron chi connectivity index (χ3n) is 3.32. The first kappa shape index (κ1) is 14.8. The zero-order chi connectivity index (χ0) is 12.1. The van der Waals surface area contributed by atoms with Gasteiger partial charge in [0.15, 0.2) is 8.32 Å². The maximum absolute atomic E-state index is 10.8. The minimum Gasteiger partial charge on any atom is -0.416 e. The van der Waals surface area contributed by atoms with Crippen LogP contribution in [0.3, 0.4) is 0 Å². The first-order valence-corrected chi connectivity index (χ1v) is 8.74. The predicted octanol–water partition coefficient (Wildman–Crippen LogP) is 3.62. The maximum Gasteiger partial charge on any atom is 0.192 e. The Morgan fingerprint density at radius 1 is 1.33 bits per heavy atom. The van der Waals surface area contributed by atoms with Crippen molar-refractivity contribution in [2.24, 2.45) is 5.92 Å². The van der Waals surface area contributed by atoms with Crippen molar-refractivity contribution in [3.8, 4) is 0 Å².